The Kier molecular flexibility index (Phi) is 6.47. The fourth-order valence-corrected chi connectivity index (χ4v) is 3.62. The number of ether oxygens (including phenoxy) is 2. The molecule has 0 saturated heterocycles. The Hall–Kier alpha value is -2.95. The number of hydrogen-bond acceptors (Lipinski definition) is 4. The van der Waals surface area contributed by atoms with Crippen LogP contribution in [-0.4, -0.2) is 26.7 Å². The Labute approximate surface area is 172 Å². The molecule has 0 spiro atoms. The van der Waals surface area contributed by atoms with E-state index in [0.717, 1.165) is 28.5 Å². The molecule has 0 atom stereocenters. The Bertz CT molecular complexity index is 1000. The molecule has 0 fully saturated rings. The van der Waals surface area contributed by atoms with Gasteiger partial charge in [0.1, 0.15) is 5.58 Å². The maximum Gasteiger partial charge on any atom is 0.224 e. The SMILES string of the molecule is COc1ccc(CCNC(=O)Cc2coc3cc(C)c(C(C)C)cc23)cc1OC. The second-order valence-electron chi connectivity index (χ2n) is 7.59. The lowest BCUT2D eigenvalue weighted by Crippen LogP contribution is -2.27. The molecule has 0 aliphatic rings. The molecule has 0 radical (unpaired) electrons. The van der Waals surface area contributed by atoms with Crippen LogP contribution in [0.4, 0.5) is 0 Å². The Morgan fingerprint density at radius 1 is 1.10 bits per heavy atom. The van der Waals surface area contributed by atoms with Crippen LogP contribution in [0.15, 0.2) is 41.0 Å². The molecule has 5 nitrogen and oxygen atoms in total. The van der Waals surface area contributed by atoms with Gasteiger partial charge < -0.3 is 19.2 Å². The molecule has 0 aliphatic heterocycles. The number of nitrogens with one attached hydrogen (secondary N) is 1. The van der Waals surface area contributed by atoms with Crippen molar-refractivity contribution in [2.75, 3.05) is 20.8 Å². The van der Waals surface area contributed by atoms with Crippen molar-refractivity contribution < 1.29 is 18.7 Å². The van der Waals surface area contributed by atoms with E-state index in [-0.39, 0.29) is 5.91 Å². The molecule has 0 bridgehead atoms. The van der Waals surface area contributed by atoms with E-state index >= 15 is 0 Å². The van der Waals surface area contributed by atoms with E-state index in [0.29, 0.717) is 30.4 Å². The molecule has 0 aliphatic carbocycles. The van der Waals surface area contributed by atoms with Crippen LogP contribution in [0.25, 0.3) is 11.0 Å². The van der Waals surface area contributed by atoms with Gasteiger partial charge in [-0.2, -0.15) is 0 Å². The third-order valence-electron chi connectivity index (χ3n) is 5.20. The maximum absolute atomic E-state index is 12.5. The lowest BCUT2D eigenvalue weighted by Gasteiger charge is -2.11. The van der Waals surface area contributed by atoms with Crippen LogP contribution >= 0.6 is 0 Å². The van der Waals surface area contributed by atoms with Gasteiger partial charge in [0, 0.05) is 17.5 Å². The summed E-state index contributed by atoms with van der Waals surface area (Å²) in [5.74, 6) is 1.80. The van der Waals surface area contributed by atoms with E-state index < -0.39 is 0 Å². The molecular weight excluding hydrogens is 366 g/mol. The number of fused-ring (bicyclic) bond motifs is 1. The van der Waals surface area contributed by atoms with Crippen molar-refractivity contribution in [1.82, 2.24) is 5.32 Å². The van der Waals surface area contributed by atoms with E-state index in [1.165, 1.54) is 11.1 Å². The van der Waals surface area contributed by atoms with Gasteiger partial charge in [-0.05, 0) is 60.2 Å². The molecule has 1 amide bonds. The molecular formula is C24H29NO4. The Morgan fingerprint density at radius 2 is 1.86 bits per heavy atom. The zero-order valence-electron chi connectivity index (χ0n) is 17.8. The summed E-state index contributed by atoms with van der Waals surface area (Å²) in [6.07, 6.45) is 2.72. The molecule has 3 rings (SSSR count). The summed E-state index contributed by atoms with van der Waals surface area (Å²) in [6.45, 7) is 7.00. The van der Waals surface area contributed by atoms with Crippen molar-refractivity contribution in [1.29, 1.82) is 0 Å². The Morgan fingerprint density at radius 3 is 2.55 bits per heavy atom. The third kappa shape index (κ3) is 4.73. The van der Waals surface area contributed by atoms with E-state index in [1.807, 2.05) is 18.2 Å². The van der Waals surface area contributed by atoms with Crippen LogP contribution in [0.5, 0.6) is 11.5 Å². The summed E-state index contributed by atoms with van der Waals surface area (Å²) in [6, 6.07) is 10.0. The maximum atomic E-state index is 12.5. The number of furan rings is 1. The molecule has 1 heterocycles. The van der Waals surface area contributed by atoms with Gasteiger partial charge in [0.05, 0.1) is 26.9 Å². The summed E-state index contributed by atoms with van der Waals surface area (Å²) in [5, 5.41) is 4.02. The molecule has 29 heavy (non-hydrogen) atoms. The summed E-state index contributed by atoms with van der Waals surface area (Å²) in [4.78, 5) is 12.5. The monoisotopic (exact) mass is 395 g/mol. The zero-order chi connectivity index (χ0) is 21.0. The fraction of sp³-hybridized carbons (Fsp3) is 0.375. The van der Waals surface area contributed by atoms with E-state index in [4.69, 9.17) is 13.9 Å². The van der Waals surface area contributed by atoms with Crippen LogP contribution in [0, 0.1) is 6.92 Å². The van der Waals surface area contributed by atoms with Gasteiger partial charge >= 0.3 is 0 Å². The lowest BCUT2D eigenvalue weighted by atomic mass is 9.95. The normalized spacial score (nSPS) is 11.1. The highest BCUT2D eigenvalue weighted by Gasteiger charge is 2.14. The number of hydrogen-bond donors (Lipinski definition) is 1. The van der Waals surface area contributed by atoms with Crippen molar-refractivity contribution in [2.45, 2.75) is 39.5 Å². The third-order valence-corrected chi connectivity index (χ3v) is 5.20. The molecule has 0 saturated carbocycles. The van der Waals surface area contributed by atoms with E-state index in [2.05, 4.69) is 38.2 Å². The summed E-state index contributed by atoms with van der Waals surface area (Å²) in [5.41, 5.74) is 5.33. The lowest BCUT2D eigenvalue weighted by molar-refractivity contribution is -0.120. The minimum absolute atomic E-state index is 0.0140. The Balaban J connectivity index is 1.62. The first-order valence-electron chi connectivity index (χ1n) is 9.91. The summed E-state index contributed by atoms with van der Waals surface area (Å²) in [7, 11) is 3.23. The first-order chi connectivity index (χ1) is 13.9. The number of carbonyl (C=O) groups excluding carboxylic acids is 1. The minimum atomic E-state index is -0.0140. The summed E-state index contributed by atoms with van der Waals surface area (Å²) >= 11 is 0. The zero-order valence-corrected chi connectivity index (χ0v) is 17.8. The number of aryl methyl sites for hydroxylation is 1. The molecule has 1 aromatic heterocycles. The highest BCUT2D eigenvalue weighted by Crippen LogP contribution is 2.29. The predicted molar refractivity (Wildman–Crippen MR) is 115 cm³/mol. The van der Waals surface area contributed by atoms with Gasteiger partial charge in [0.15, 0.2) is 11.5 Å². The van der Waals surface area contributed by atoms with Crippen molar-refractivity contribution in [2.24, 2.45) is 0 Å². The van der Waals surface area contributed by atoms with Crippen LogP contribution in [0.2, 0.25) is 0 Å². The minimum Gasteiger partial charge on any atom is -0.493 e. The van der Waals surface area contributed by atoms with Crippen LogP contribution in [0.3, 0.4) is 0 Å². The molecule has 0 unspecified atom stereocenters. The second kappa shape index (κ2) is 9.03. The molecule has 5 heteroatoms. The quantitative estimate of drug-likeness (QED) is 0.596. The predicted octanol–water partition coefficient (Wildman–Crippen LogP) is 4.78. The highest BCUT2D eigenvalue weighted by atomic mass is 16.5. The average Bonchev–Trinajstić information content (AvgIpc) is 3.08. The van der Waals surface area contributed by atoms with Gasteiger partial charge in [0.2, 0.25) is 5.91 Å². The molecule has 3 aromatic rings. The van der Waals surface area contributed by atoms with E-state index in [1.54, 1.807) is 20.5 Å². The molecule has 2 aromatic carbocycles. The topological polar surface area (TPSA) is 60.7 Å². The largest absolute Gasteiger partial charge is 0.493 e. The smallest absolute Gasteiger partial charge is 0.224 e. The molecule has 1 N–H and O–H groups in total. The number of rotatable bonds is 8. The van der Waals surface area contributed by atoms with Crippen LogP contribution in [0.1, 0.15) is 42.0 Å². The van der Waals surface area contributed by atoms with E-state index in [9.17, 15) is 4.79 Å². The molecule has 154 valence electrons. The second-order valence-corrected chi connectivity index (χ2v) is 7.59. The van der Waals surface area contributed by atoms with Gasteiger partial charge in [0.25, 0.3) is 0 Å². The van der Waals surface area contributed by atoms with Gasteiger partial charge in [-0.25, -0.2) is 0 Å². The number of methoxy groups -OCH3 is 2. The number of carbonyl (C=O) groups is 1. The van der Waals surface area contributed by atoms with Crippen LogP contribution < -0.4 is 14.8 Å². The highest BCUT2D eigenvalue weighted by molar-refractivity contribution is 5.88. The van der Waals surface area contributed by atoms with Crippen molar-refractivity contribution in [3.05, 3.63) is 58.8 Å². The first-order valence-corrected chi connectivity index (χ1v) is 9.91. The first kappa shape index (κ1) is 20.8. The standard InChI is InChI=1S/C24H29NO4/c1-15(2)19-13-20-18(14-29-22(20)10-16(19)3)12-24(26)25-9-8-17-6-7-21(27-4)23(11-17)28-5/h6-7,10-11,13-15H,8-9,12H2,1-5H3,(H,25,26). The van der Waals surface area contributed by atoms with Gasteiger partial charge in [-0.15, -0.1) is 0 Å². The van der Waals surface area contributed by atoms with Gasteiger partial charge in [-0.3, -0.25) is 4.79 Å². The average molecular weight is 395 g/mol. The van der Waals surface area contributed by atoms with Crippen molar-refractivity contribution in [3.63, 3.8) is 0 Å². The van der Waals surface area contributed by atoms with Gasteiger partial charge in [-0.1, -0.05) is 19.9 Å². The fourth-order valence-electron chi connectivity index (χ4n) is 3.62. The summed E-state index contributed by atoms with van der Waals surface area (Å²) < 4.78 is 16.3. The van der Waals surface area contributed by atoms with Crippen LogP contribution in [-0.2, 0) is 17.6 Å². The van der Waals surface area contributed by atoms with Crippen molar-refractivity contribution in [3.8, 4) is 11.5 Å². The number of benzene rings is 2. The number of amides is 1. The van der Waals surface area contributed by atoms with Crippen molar-refractivity contribution >= 4 is 16.9 Å².